The zero-order valence-corrected chi connectivity index (χ0v) is 17.7. The van der Waals surface area contributed by atoms with E-state index in [-0.39, 0.29) is 22.1 Å². The Labute approximate surface area is 172 Å². The normalized spacial score (nSPS) is 26.4. The Morgan fingerprint density at radius 3 is 2.75 bits per heavy atom. The first-order chi connectivity index (χ1) is 13.2. The van der Waals surface area contributed by atoms with Gasteiger partial charge < -0.3 is 14.6 Å². The molecule has 2 radical (unpaired) electrons. The standard InChI is InChI=1S/C21H26BN3O2S/c1-20(2,3)27-19(26)25(4)16-6-5-11-21(16)17(28-21)18-23-12-15(24-18)13-7-9-14(22)10-8-13/h7-10,12,16-17H,5-6,11H2,1-4H3,(H,23,24)/t16-,17?,21?/m0/s1. The van der Waals surface area contributed by atoms with Crippen molar-refractivity contribution in [1.82, 2.24) is 14.9 Å². The SMILES string of the molecule is [B]c1ccc(-c2cnc(C3SC34CCC[C@@H]4N(C)C(=O)OC(C)(C)C)[nH]2)cc1. The fourth-order valence-corrected chi connectivity index (χ4v) is 5.84. The molecule has 2 aliphatic rings. The Morgan fingerprint density at radius 1 is 1.36 bits per heavy atom. The highest BCUT2D eigenvalue weighted by Crippen LogP contribution is 2.72. The molecule has 28 heavy (non-hydrogen) atoms. The van der Waals surface area contributed by atoms with E-state index in [1.165, 1.54) is 0 Å². The van der Waals surface area contributed by atoms with Gasteiger partial charge in [0.25, 0.3) is 0 Å². The van der Waals surface area contributed by atoms with Crippen LogP contribution < -0.4 is 5.46 Å². The maximum Gasteiger partial charge on any atom is 0.410 e. The lowest BCUT2D eigenvalue weighted by Gasteiger charge is -2.31. The highest BCUT2D eigenvalue weighted by Gasteiger charge is 2.65. The summed E-state index contributed by atoms with van der Waals surface area (Å²) in [6.45, 7) is 5.71. The Morgan fingerprint density at radius 2 is 2.07 bits per heavy atom. The number of amides is 1. The Bertz CT molecular complexity index is 877. The molecule has 4 rings (SSSR count). The molecule has 1 aromatic carbocycles. The van der Waals surface area contributed by atoms with E-state index in [0.29, 0.717) is 0 Å². The van der Waals surface area contributed by atoms with Gasteiger partial charge in [0.1, 0.15) is 19.3 Å². The molecule has 2 fully saturated rings. The van der Waals surface area contributed by atoms with Gasteiger partial charge in [-0.1, -0.05) is 29.7 Å². The van der Waals surface area contributed by atoms with Crippen molar-refractivity contribution < 1.29 is 9.53 Å². The molecule has 1 N–H and O–H groups in total. The van der Waals surface area contributed by atoms with Gasteiger partial charge in [0.15, 0.2) is 0 Å². The van der Waals surface area contributed by atoms with Crippen LogP contribution in [0.25, 0.3) is 11.3 Å². The topological polar surface area (TPSA) is 58.2 Å². The molecule has 3 atom stereocenters. The van der Waals surface area contributed by atoms with E-state index in [2.05, 4.69) is 9.97 Å². The van der Waals surface area contributed by atoms with Crippen LogP contribution in [0.3, 0.4) is 0 Å². The molecule has 1 saturated carbocycles. The number of thioether (sulfide) groups is 1. The molecule has 1 amide bonds. The van der Waals surface area contributed by atoms with Crippen LogP contribution in [0.5, 0.6) is 0 Å². The Hall–Kier alpha value is -1.89. The van der Waals surface area contributed by atoms with Crippen molar-refractivity contribution in [3.8, 4) is 11.3 Å². The number of nitrogens with one attached hydrogen (secondary N) is 1. The quantitative estimate of drug-likeness (QED) is 0.634. The van der Waals surface area contributed by atoms with Crippen molar-refractivity contribution in [2.24, 2.45) is 0 Å². The van der Waals surface area contributed by atoms with Gasteiger partial charge in [-0.25, -0.2) is 9.78 Å². The number of ether oxygens (including phenoxy) is 1. The minimum atomic E-state index is -0.484. The number of benzene rings is 1. The van der Waals surface area contributed by atoms with Crippen molar-refractivity contribution in [3.05, 3.63) is 36.3 Å². The van der Waals surface area contributed by atoms with E-state index < -0.39 is 5.60 Å². The predicted molar refractivity (Wildman–Crippen MR) is 114 cm³/mol. The van der Waals surface area contributed by atoms with E-state index in [4.69, 9.17) is 12.6 Å². The van der Waals surface area contributed by atoms with Gasteiger partial charge in [-0.15, -0.1) is 11.8 Å². The third-order valence-corrected chi connectivity index (χ3v) is 7.32. The summed E-state index contributed by atoms with van der Waals surface area (Å²) < 4.78 is 5.63. The highest BCUT2D eigenvalue weighted by molar-refractivity contribution is 8.08. The summed E-state index contributed by atoms with van der Waals surface area (Å²) in [4.78, 5) is 22.5. The van der Waals surface area contributed by atoms with Crippen LogP contribution in [0.15, 0.2) is 30.5 Å². The second-order valence-electron chi connectivity index (χ2n) is 8.76. The van der Waals surface area contributed by atoms with Crippen molar-refractivity contribution in [3.63, 3.8) is 0 Å². The summed E-state index contributed by atoms with van der Waals surface area (Å²) >= 11 is 1.92. The molecule has 1 spiro atoms. The Kier molecular flexibility index (Phi) is 4.77. The largest absolute Gasteiger partial charge is 0.444 e. The maximum atomic E-state index is 12.6. The minimum absolute atomic E-state index is 0.0435. The van der Waals surface area contributed by atoms with Gasteiger partial charge in [-0.05, 0) is 45.6 Å². The summed E-state index contributed by atoms with van der Waals surface area (Å²) in [5.41, 5.74) is 2.33. The van der Waals surface area contributed by atoms with Gasteiger partial charge in [-0.3, -0.25) is 0 Å². The van der Waals surface area contributed by atoms with Gasteiger partial charge in [0.05, 0.1) is 27.9 Å². The van der Waals surface area contributed by atoms with E-state index >= 15 is 0 Å². The van der Waals surface area contributed by atoms with Gasteiger partial charge in [0, 0.05) is 7.05 Å². The maximum absolute atomic E-state index is 12.6. The summed E-state index contributed by atoms with van der Waals surface area (Å²) in [5, 5.41) is 0.285. The molecule has 0 bridgehead atoms. The Balaban J connectivity index is 1.50. The number of H-pyrrole nitrogens is 1. The van der Waals surface area contributed by atoms with E-state index in [1.807, 2.05) is 70.0 Å². The summed E-state index contributed by atoms with van der Waals surface area (Å²) in [6.07, 6.45) is 4.86. The lowest BCUT2D eigenvalue weighted by molar-refractivity contribution is 0.0211. The molecule has 1 aromatic heterocycles. The minimum Gasteiger partial charge on any atom is -0.444 e. The molecule has 2 heterocycles. The average Bonchev–Trinajstić information content (AvgIpc) is 2.96. The number of imidazole rings is 1. The van der Waals surface area contributed by atoms with E-state index in [9.17, 15) is 4.79 Å². The van der Waals surface area contributed by atoms with Crippen LogP contribution in [0.2, 0.25) is 0 Å². The second-order valence-corrected chi connectivity index (χ2v) is 10.2. The van der Waals surface area contributed by atoms with Gasteiger partial charge in [0.2, 0.25) is 0 Å². The van der Waals surface area contributed by atoms with Crippen LogP contribution >= 0.6 is 11.8 Å². The van der Waals surface area contributed by atoms with Crippen LogP contribution in [0.4, 0.5) is 4.79 Å². The molecule has 1 aliphatic heterocycles. The summed E-state index contributed by atoms with van der Waals surface area (Å²) in [7, 11) is 7.65. The number of aromatic amines is 1. The van der Waals surface area contributed by atoms with Crippen molar-refractivity contribution in [2.45, 2.75) is 61.7 Å². The molecular weight excluding hydrogens is 369 g/mol. The lowest BCUT2D eigenvalue weighted by atomic mass is 9.95. The predicted octanol–water partition coefficient (Wildman–Crippen LogP) is 3.82. The number of rotatable bonds is 3. The summed E-state index contributed by atoms with van der Waals surface area (Å²) in [5.74, 6) is 0.987. The summed E-state index contributed by atoms with van der Waals surface area (Å²) in [6, 6.07) is 7.95. The molecule has 146 valence electrons. The number of aromatic nitrogens is 2. The molecule has 5 nitrogen and oxygen atoms in total. The fourth-order valence-electron chi connectivity index (χ4n) is 4.16. The van der Waals surface area contributed by atoms with Gasteiger partial charge in [-0.2, -0.15) is 0 Å². The number of carbonyl (C=O) groups is 1. The van der Waals surface area contributed by atoms with Crippen LogP contribution in [-0.2, 0) is 4.74 Å². The monoisotopic (exact) mass is 395 g/mol. The fraction of sp³-hybridized carbons (Fsp3) is 0.524. The first-order valence-corrected chi connectivity index (χ1v) is 10.6. The number of carbonyl (C=O) groups excluding carboxylic acids is 1. The molecule has 2 aromatic rings. The van der Waals surface area contributed by atoms with Crippen molar-refractivity contribution >= 4 is 31.2 Å². The zero-order valence-electron chi connectivity index (χ0n) is 16.9. The molecular formula is C21H26BN3O2S. The van der Waals surface area contributed by atoms with E-state index in [1.54, 1.807) is 4.90 Å². The smallest absolute Gasteiger partial charge is 0.410 e. The molecule has 7 heteroatoms. The first kappa shape index (κ1) is 19.4. The van der Waals surface area contributed by atoms with Crippen molar-refractivity contribution in [1.29, 1.82) is 0 Å². The van der Waals surface area contributed by atoms with E-state index in [0.717, 1.165) is 41.8 Å². The van der Waals surface area contributed by atoms with Crippen LogP contribution in [-0.4, -0.2) is 52.2 Å². The van der Waals surface area contributed by atoms with Crippen molar-refractivity contribution in [2.75, 3.05) is 7.05 Å². The van der Waals surface area contributed by atoms with Crippen LogP contribution in [0, 0.1) is 0 Å². The lowest BCUT2D eigenvalue weighted by Crippen LogP contribution is -2.45. The molecule has 2 unspecified atom stereocenters. The second kappa shape index (κ2) is 6.87. The number of hydrogen-bond acceptors (Lipinski definition) is 4. The highest BCUT2D eigenvalue weighted by atomic mass is 32.2. The number of nitrogens with zero attached hydrogens (tertiary/aromatic N) is 2. The zero-order chi connectivity index (χ0) is 20.1. The first-order valence-electron chi connectivity index (χ1n) is 9.74. The van der Waals surface area contributed by atoms with Gasteiger partial charge >= 0.3 is 6.09 Å². The van der Waals surface area contributed by atoms with Crippen LogP contribution in [0.1, 0.15) is 51.1 Å². The molecule has 1 saturated heterocycles. The third kappa shape index (κ3) is 3.57. The number of hydrogen-bond donors (Lipinski definition) is 1. The third-order valence-electron chi connectivity index (χ3n) is 5.55. The molecule has 1 aliphatic carbocycles. The average molecular weight is 395 g/mol.